The van der Waals surface area contributed by atoms with Gasteiger partial charge in [-0.1, -0.05) is 19.3 Å². The van der Waals surface area contributed by atoms with Gasteiger partial charge in [-0.25, -0.2) is 4.98 Å². The third-order valence-electron chi connectivity index (χ3n) is 1.98. The van der Waals surface area contributed by atoms with Crippen LogP contribution in [0.15, 0.2) is 11.1 Å². The van der Waals surface area contributed by atoms with E-state index in [1.807, 2.05) is 6.92 Å². The fraction of sp³-hybridized carbons (Fsp3) is 0.400. The van der Waals surface area contributed by atoms with Crippen LogP contribution in [0, 0.1) is 12.3 Å². The van der Waals surface area contributed by atoms with Gasteiger partial charge in [0.1, 0.15) is 5.69 Å². The third-order valence-corrected chi connectivity index (χ3v) is 1.98. The van der Waals surface area contributed by atoms with Gasteiger partial charge in [0.15, 0.2) is 5.82 Å². The summed E-state index contributed by atoms with van der Waals surface area (Å²) < 4.78 is 0. The Morgan fingerprint density at radius 3 is 3.13 bits per heavy atom. The summed E-state index contributed by atoms with van der Waals surface area (Å²) >= 11 is 0. The molecule has 1 heterocycles. The van der Waals surface area contributed by atoms with Crippen LogP contribution in [0.2, 0.25) is 0 Å². The fourth-order valence-electron chi connectivity index (χ4n) is 1.18. The second-order valence-corrected chi connectivity index (χ2v) is 3.15. The molecule has 0 radical (unpaired) electrons. The lowest BCUT2D eigenvalue weighted by Gasteiger charge is -2.13. The minimum Gasteiger partial charge on any atom is -0.391 e. The zero-order valence-corrected chi connectivity index (χ0v) is 8.58. The van der Waals surface area contributed by atoms with E-state index in [-0.39, 0.29) is 17.3 Å². The summed E-state index contributed by atoms with van der Waals surface area (Å²) in [5.41, 5.74) is 5.25. The first kappa shape index (κ1) is 11.1. The largest absolute Gasteiger partial charge is 0.391 e. The highest BCUT2D eigenvalue weighted by Gasteiger charge is 2.08. The quantitative estimate of drug-likeness (QED) is 0.629. The molecule has 15 heavy (non-hydrogen) atoms. The monoisotopic (exact) mass is 206 g/mol. The zero-order valence-electron chi connectivity index (χ0n) is 8.58. The van der Waals surface area contributed by atoms with Crippen LogP contribution in [0.5, 0.6) is 0 Å². The molecule has 5 heteroatoms. The summed E-state index contributed by atoms with van der Waals surface area (Å²) in [4.78, 5) is 17.5. The molecule has 80 valence electrons. The Balaban J connectivity index is 2.85. The molecule has 0 fully saturated rings. The van der Waals surface area contributed by atoms with Crippen molar-refractivity contribution in [1.82, 2.24) is 9.97 Å². The van der Waals surface area contributed by atoms with Crippen molar-refractivity contribution in [3.05, 3.63) is 16.7 Å². The van der Waals surface area contributed by atoms with Crippen LogP contribution in [0.25, 0.3) is 0 Å². The molecule has 0 saturated carbocycles. The van der Waals surface area contributed by atoms with Gasteiger partial charge in [0.05, 0.1) is 12.4 Å². The van der Waals surface area contributed by atoms with E-state index < -0.39 is 0 Å². The van der Waals surface area contributed by atoms with E-state index in [4.69, 9.17) is 12.2 Å². The van der Waals surface area contributed by atoms with Crippen LogP contribution in [0.1, 0.15) is 19.8 Å². The second-order valence-electron chi connectivity index (χ2n) is 3.15. The summed E-state index contributed by atoms with van der Waals surface area (Å²) in [5.74, 6) is 2.92. The molecule has 0 bridgehead atoms. The Morgan fingerprint density at radius 1 is 1.80 bits per heavy atom. The second kappa shape index (κ2) is 5.05. The Hall–Kier alpha value is -1.96. The number of aromatic amines is 1. The molecule has 5 nitrogen and oxygen atoms in total. The standard InChI is InChI=1S/C10H14N4O/c1-3-5-7(4-2)14-9-8(11)10(15)13-6-12-9/h2,6-7H,3,5,11H2,1H3,(H2,12,13,14,15). The molecule has 0 saturated heterocycles. The van der Waals surface area contributed by atoms with E-state index in [1.165, 1.54) is 6.33 Å². The van der Waals surface area contributed by atoms with Gasteiger partial charge >= 0.3 is 0 Å². The van der Waals surface area contributed by atoms with Crippen molar-refractivity contribution in [3.8, 4) is 12.3 Å². The van der Waals surface area contributed by atoms with Gasteiger partial charge in [-0.05, 0) is 6.42 Å². The van der Waals surface area contributed by atoms with Crippen LogP contribution in [-0.4, -0.2) is 16.0 Å². The molecule has 4 N–H and O–H groups in total. The van der Waals surface area contributed by atoms with E-state index >= 15 is 0 Å². The van der Waals surface area contributed by atoms with Crippen molar-refractivity contribution in [3.63, 3.8) is 0 Å². The van der Waals surface area contributed by atoms with E-state index in [0.717, 1.165) is 12.8 Å². The van der Waals surface area contributed by atoms with Gasteiger partial charge in [-0.3, -0.25) is 4.79 Å². The number of nitrogens with one attached hydrogen (secondary N) is 2. The Kier molecular flexibility index (Phi) is 3.75. The van der Waals surface area contributed by atoms with Crippen molar-refractivity contribution < 1.29 is 0 Å². The number of terminal acetylenes is 1. The lowest BCUT2D eigenvalue weighted by atomic mass is 10.2. The Bertz CT molecular complexity index is 418. The highest BCUT2D eigenvalue weighted by molar-refractivity contribution is 5.59. The van der Waals surface area contributed by atoms with Crippen LogP contribution < -0.4 is 16.6 Å². The van der Waals surface area contributed by atoms with Crippen LogP contribution in [0.3, 0.4) is 0 Å². The van der Waals surface area contributed by atoms with E-state index in [2.05, 4.69) is 21.2 Å². The lowest BCUT2D eigenvalue weighted by Crippen LogP contribution is -2.22. The van der Waals surface area contributed by atoms with E-state index in [0.29, 0.717) is 5.82 Å². The zero-order chi connectivity index (χ0) is 11.3. The van der Waals surface area contributed by atoms with E-state index in [1.54, 1.807) is 0 Å². The smallest absolute Gasteiger partial charge is 0.276 e. The van der Waals surface area contributed by atoms with E-state index in [9.17, 15) is 4.79 Å². The number of nitrogens with two attached hydrogens (primary N) is 1. The normalized spacial score (nSPS) is 11.7. The maximum atomic E-state index is 11.2. The molecule has 1 aromatic heterocycles. The first-order valence-electron chi connectivity index (χ1n) is 4.74. The molecule has 1 rings (SSSR count). The van der Waals surface area contributed by atoms with Gasteiger partial charge in [0, 0.05) is 0 Å². The number of hydrogen-bond donors (Lipinski definition) is 3. The van der Waals surface area contributed by atoms with Crippen molar-refractivity contribution in [2.24, 2.45) is 0 Å². The lowest BCUT2D eigenvalue weighted by molar-refractivity contribution is 0.752. The van der Waals surface area contributed by atoms with Crippen LogP contribution >= 0.6 is 0 Å². The molecular formula is C10H14N4O. The summed E-state index contributed by atoms with van der Waals surface area (Å²) in [6.07, 6.45) is 8.38. The summed E-state index contributed by atoms with van der Waals surface area (Å²) in [6, 6.07) is -0.147. The maximum Gasteiger partial charge on any atom is 0.276 e. The predicted molar refractivity (Wildman–Crippen MR) is 60.4 cm³/mol. The predicted octanol–water partition coefficient (Wildman–Crippen LogP) is 0.566. The topological polar surface area (TPSA) is 83.8 Å². The molecule has 1 aromatic rings. The summed E-state index contributed by atoms with van der Waals surface area (Å²) in [7, 11) is 0. The number of anilines is 2. The van der Waals surface area contributed by atoms with Crippen molar-refractivity contribution in [2.45, 2.75) is 25.8 Å². The van der Waals surface area contributed by atoms with Gasteiger partial charge in [0.25, 0.3) is 5.56 Å². The van der Waals surface area contributed by atoms with Gasteiger partial charge in [-0.15, -0.1) is 6.42 Å². The number of nitrogens with zero attached hydrogens (tertiary/aromatic N) is 1. The molecule has 0 aliphatic carbocycles. The molecule has 0 spiro atoms. The molecule has 0 aromatic carbocycles. The molecule has 0 aliphatic rings. The van der Waals surface area contributed by atoms with Crippen LogP contribution in [-0.2, 0) is 0 Å². The molecule has 0 aliphatic heterocycles. The van der Waals surface area contributed by atoms with Crippen molar-refractivity contribution in [1.29, 1.82) is 0 Å². The Morgan fingerprint density at radius 2 is 2.53 bits per heavy atom. The molecule has 1 unspecified atom stereocenters. The summed E-state index contributed by atoms with van der Waals surface area (Å²) in [5, 5.41) is 2.95. The SMILES string of the molecule is C#CC(CCC)Nc1nc[nH]c(=O)c1N. The fourth-order valence-corrected chi connectivity index (χ4v) is 1.18. The van der Waals surface area contributed by atoms with Crippen molar-refractivity contribution >= 4 is 11.5 Å². The maximum absolute atomic E-state index is 11.2. The molecule has 1 atom stereocenters. The minimum absolute atomic E-state index is 0.0638. The van der Waals surface area contributed by atoms with Gasteiger partial charge in [0.2, 0.25) is 0 Å². The minimum atomic E-state index is -0.361. The third kappa shape index (κ3) is 2.74. The molecule has 0 amide bonds. The van der Waals surface area contributed by atoms with Gasteiger partial charge in [-0.2, -0.15) is 0 Å². The number of H-pyrrole nitrogens is 1. The number of rotatable bonds is 4. The average Bonchev–Trinajstić information content (AvgIpc) is 2.24. The summed E-state index contributed by atoms with van der Waals surface area (Å²) in [6.45, 7) is 2.03. The van der Waals surface area contributed by atoms with Crippen LogP contribution in [0.4, 0.5) is 11.5 Å². The number of hydrogen-bond acceptors (Lipinski definition) is 4. The number of nitrogen functional groups attached to an aromatic ring is 1. The van der Waals surface area contributed by atoms with Crippen molar-refractivity contribution in [2.75, 3.05) is 11.1 Å². The molecular weight excluding hydrogens is 192 g/mol. The average molecular weight is 206 g/mol. The number of aromatic nitrogens is 2. The first-order valence-corrected chi connectivity index (χ1v) is 4.74. The highest BCUT2D eigenvalue weighted by atomic mass is 16.1. The van der Waals surface area contributed by atoms with Gasteiger partial charge < -0.3 is 16.0 Å². The first-order chi connectivity index (χ1) is 7.19. The Labute approximate surface area is 88.1 Å². The highest BCUT2D eigenvalue weighted by Crippen LogP contribution is 2.10.